The Bertz CT molecular complexity index is 870. The van der Waals surface area contributed by atoms with Gasteiger partial charge in [0, 0.05) is 12.6 Å². The van der Waals surface area contributed by atoms with Crippen molar-refractivity contribution in [3.63, 3.8) is 0 Å². The van der Waals surface area contributed by atoms with E-state index in [4.69, 9.17) is 18.9 Å². The molecule has 0 radical (unpaired) electrons. The van der Waals surface area contributed by atoms with Crippen LogP contribution in [0.5, 0.6) is 23.0 Å². The molecular weight excluding hydrogens is 380 g/mol. The Morgan fingerprint density at radius 3 is 2.17 bits per heavy atom. The molecule has 0 aliphatic carbocycles. The van der Waals surface area contributed by atoms with Gasteiger partial charge in [0.1, 0.15) is 11.5 Å². The smallest absolute Gasteiger partial charge is 0.313 e. The number of hydrogen-bond donors (Lipinski definition) is 3. The van der Waals surface area contributed by atoms with E-state index in [2.05, 4.69) is 10.6 Å². The third-order valence-electron chi connectivity index (χ3n) is 4.11. The minimum Gasteiger partial charge on any atom is -0.497 e. The largest absolute Gasteiger partial charge is 0.497 e. The average molecular weight is 404 g/mol. The number of carbonyl (C=O) groups is 2. The summed E-state index contributed by atoms with van der Waals surface area (Å²) < 4.78 is 20.6. The van der Waals surface area contributed by atoms with Crippen LogP contribution in [0.4, 0.5) is 5.69 Å². The van der Waals surface area contributed by atoms with E-state index in [1.54, 1.807) is 36.4 Å². The topological polar surface area (TPSA) is 115 Å². The van der Waals surface area contributed by atoms with Gasteiger partial charge in [-0.25, -0.2) is 0 Å². The zero-order valence-corrected chi connectivity index (χ0v) is 16.6. The van der Waals surface area contributed by atoms with E-state index in [1.165, 1.54) is 28.4 Å². The number of rotatable bonds is 8. The average Bonchev–Trinajstić information content (AvgIpc) is 2.76. The zero-order chi connectivity index (χ0) is 21.4. The third kappa shape index (κ3) is 5.52. The Morgan fingerprint density at radius 1 is 0.862 bits per heavy atom. The Balaban J connectivity index is 1.97. The van der Waals surface area contributed by atoms with Gasteiger partial charge in [-0.1, -0.05) is 6.07 Å². The number of carbonyl (C=O) groups excluding carboxylic acids is 2. The van der Waals surface area contributed by atoms with Crippen molar-refractivity contribution in [2.24, 2.45) is 0 Å². The number of hydrogen-bond acceptors (Lipinski definition) is 7. The first-order chi connectivity index (χ1) is 13.9. The number of aliphatic hydroxyl groups excluding tert-OH is 1. The molecule has 0 aliphatic rings. The molecule has 9 heteroatoms. The van der Waals surface area contributed by atoms with Crippen LogP contribution in [0.25, 0.3) is 0 Å². The number of amides is 2. The summed E-state index contributed by atoms with van der Waals surface area (Å²) in [5.41, 5.74) is 0.814. The van der Waals surface area contributed by atoms with Crippen LogP contribution in [0.1, 0.15) is 11.7 Å². The predicted octanol–water partition coefficient (Wildman–Crippen LogP) is 1.51. The molecule has 2 amide bonds. The van der Waals surface area contributed by atoms with Crippen molar-refractivity contribution < 1.29 is 33.6 Å². The maximum atomic E-state index is 12.1. The lowest BCUT2D eigenvalue weighted by Crippen LogP contribution is -2.37. The molecule has 156 valence electrons. The zero-order valence-electron chi connectivity index (χ0n) is 16.6. The molecule has 2 aromatic carbocycles. The summed E-state index contributed by atoms with van der Waals surface area (Å²) in [5.74, 6) is 0.0496. The Hall–Kier alpha value is -3.46. The molecule has 9 nitrogen and oxygen atoms in total. The van der Waals surface area contributed by atoms with Crippen LogP contribution in [0.3, 0.4) is 0 Å². The normalized spacial score (nSPS) is 11.2. The van der Waals surface area contributed by atoms with Crippen LogP contribution in [0, 0.1) is 0 Å². The minimum absolute atomic E-state index is 0.165. The molecule has 1 atom stereocenters. The van der Waals surface area contributed by atoms with Gasteiger partial charge in [0.05, 0.1) is 40.2 Å². The molecule has 0 fully saturated rings. The Labute approximate surface area is 168 Å². The second-order valence-electron chi connectivity index (χ2n) is 5.86. The van der Waals surface area contributed by atoms with E-state index < -0.39 is 17.9 Å². The second-order valence-corrected chi connectivity index (χ2v) is 5.86. The first-order valence-corrected chi connectivity index (χ1v) is 8.64. The standard InChI is InChI=1S/C20H24N2O7/c1-26-13-6-7-14(17(10-13)28-3)22-20(25)19(24)21-11-15(23)12-5-8-16(27-2)18(9-12)29-4/h5-10,15,23H,11H2,1-4H3,(H,21,24)(H,22,25). The number of anilines is 1. The van der Waals surface area contributed by atoms with Crippen molar-refractivity contribution in [1.29, 1.82) is 0 Å². The van der Waals surface area contributed by atoms with Gasteiger partial charge < -0.3 is 34.7 Å². The summed E-state index contributed by atoms with van der Waals surface area (Å²) in [6, 6.07) is 9.63. The van der Waals surface area contributed by atoms with Crippen LogP contribution in [-0.2, 0) is 9.59 Å². The molecule has 29 heavy (non-hydrogen) atoms. The van der Waals surface area contributed by atoms with Crippen LogP contribution in [-0.4, -0.2) is 51.9 Å². The Morgan fingerprint density at radius 2 is 1.55 bits per heavy atom. The van der Waals surface area contributed by atoms with Crippen LogP contribution < -0.4 is 29.6 Å². The van der Waals surface area contributed by atoms with Crippen molar-refractivity contribution in [2.75, 3.05) is 40.3 Å². The quantitative estimate of drug-likeness (QED) is 0.571. The first-order valence-electron chi connectivity index (χ1n) is 8.64. The molecule has 2 aromatic rings. The first kappa shape index (κ1) is 21.8. The van der Waals surface area contributed by atoms with Crippen molar-refractivity contribution in [3.05, 3.63) is 42.0 Å². The van der Waals surface area contributed by atoms with E-state index in [1.807, 2.05) is 0 Å². The maximum absolute atomic E-state index is 12.1. The molecule has 2 rings (SSSR count). The number of ether oxygens (including phenoxy) is 4. The lowest BCUT2D eigenvalue weighted by atomic mass is 10.1. The molecule has 0 spiro atoms. The van der Waals surface area contributed by atoms with Gasteiger partial charge >= 0.3 is 11.8 Å². The number of benzene rings is 2. The SMILES string of the molecule is COc1ccc(NC(=O)C(=O)NCC(O)c2ccc(OC)c(OC)c2)c(OC)c1. The number of nitrogens with one attached hydrogen (secondary N) is 2. The fourth-order valence-electron chi connectivity index (χ4n) is 2.53. The van der Waals surface area contributed by atoms with Crippen LogP contribution in [0.2, 0.25) is 0 Å². The summed E-state index contributed by atoms with van der Waals surface area (Å²) in [6.07, 6.45) is -1.04. The summed E-state index contributed by atoms with van der Waals surface area (Å²) in [5, 5.41) is 15.1. The second kappa shape index (κ2) is 10.2. The molecule has 3 N–H and O–H groups in total. The number of aliphatic hydroxyl groups is 1. The lowest BCUT2D eigenvalue weighted by Gasteiger charge is -2.15. The van der Waals surface area contributed by atoms with E-state index in [-0.39, 0.29) is 6.54 Å². The fourth-order valence-corrected chi connectivity index (χ4v) is 2.53. The molecule has 0 saturated carbocycles. The van der Waals surface area contributed by atoms with Gasteiger partial charge in [-0.3, -0.25) is 9.59 Å². The highest BCUT2D eigenvalue weighted by atomic mass is 16.5. The van der Waals surface area contributed by atoms with Gasteiger partial charge in [-0.2, -0.15) is 0 Å². The highest BCUT2D eigenvalue weighted by Gasteiger charge is 2.18. The molecule has 0 saturated heterocycles. The minimum atomic E-state index is -1.04. The monoisotopic (exact) mass is 404 g/mol. The van der Waals surface area contributed by atoms with Crippen molar-refractivity contribution >= 4 is 17.5 Å². The molecule has 0 aromatic heterocycles. The van der Waals surface area contributed by atoms with Crippen LogP contribution >= 0.6 is 0 Å². The van der Waals surface area contributed by atoms with E-state index >= 15 is 0 Å². The lowest BCUT2D eigenvalue weighted by molar-refractivity contribution is -0.136. The van der Waals surface area contributed by atoms with Crippen LogP contribution in [0.15, 0.2) is 36.4 Å². The van der Waals surface area contributed by atoms with Gasteiger partial charge in [-0.15, -0.1) is 0 Å². The molecule has 0 heterocycles. The summed E-state index contributed by atoms with van der Waals surface area (Å²) in [7, 11) is 5.92. The Kier molecular flexibility index (Phi) is 7.67. The fraction of sp³-hybridized carbons (Fsp3) is 0.300. The third-order valence-corrected chi connectivity index (χ3v) is 4.11. The molecular formula is C20H24N2O7. The van der Waals surface area contributed by atoms with Crippen molar-refractivity contribution in [2.45, 2.75) is 6.10 Å². The van der Waals surface area contributed by atoms with Crippen molar-refractivity contribution in [1.82, 2.24) is 5.32 Å². The van der Waals surface area contributed by atoms with Gasteiger partial charge in [-0.05, 0) is 29.8 Å². The highest BCUT2D eigenvalue weighted by Crippen LogP contribution is 2.30. The summed E-state index contributed by atoms with van der Waals surface area (Å²) in [4.78, 5) is 24.2. The summed E-state index contributed by atoms with van der Waals surface area (Å²) in [6.45, 7) is -0.165. The highest BCUT2D eigenvalue weighted by molar-refractivity contribution is 6.39. The molecule has 1 unspecified atom stereocenters. The van der Waals surface area contributed by atoms with Gasteiger partial charge in [0.25, 0.3) is 0 Å². The predicted molar refractivity (Wildman–Crippen MR) is 106 cm³/mol. The van der Waals surface area contributed by atoms with E-state index in [0.717, 1.165) is 0 Å². The maximum Gasteiger partial charge on any atom is 0.313 e. The van der Waals surface area contributed by atoms with Gasteiger partial charge in [0.15, 0.2) is 11.5 Å². The van der Waals surface area contributed by atoms with E-state index in [0.29, 0.717) is 34.2 Å². The van der Waals surface area contributed by atoms with Crippen molar-refractivity contribution in [3.8, 4) is 23.0 Å². The molecule has 0 bridgehead atoms. The van der Waals surface area contributed by atoms with Gasteiger partial charge in [0.2, 0.25) is 0 Å². The van der Waals surface area contributed by atoms with E-state index in [9.17, 15) is 14.7 Å². The number of methoxy groups -OCH3 is 4. The molecule has 0 aliphatic heterocycles. The summed E-state index contributed by atoms with van der Waals surface area (Å²) >= 11 is 0.